The lowest BCUT2D eigenvalue weighted by molar-refractivity contribution is 0.142. The van der Waals surface area contributed by atoms with E-state index in [4.69, 9.17) is 9.26 Å². The molecule has 1 saturated heterocycles. The van der Waals surface area contributed by atoms with Gasteiger partial charge in [0, 0.05) is 12.1 Å². The van der Waals surface area contributed by atoms with Crippen molar-refractivity contribution in [2.24, 2.45) is 0 Å². The lowest BCUT2D eigenvalue weighted by atomic mass is 10.0. The van der Waals surface area contributed by atoms with Crippen molar-refractivity contribution < 1.29 is 14.1 Å². The molecule has 1 aliphatic heterocycles. The minimum atomic E-state index is -0.245. The van der Waals surface area contributed by atoms with Crippen molar-refractivity contribution in [3.63, 3.8) is 0 Å². The third-order valence-electron chi connectivity index (χ3n) is 5.15. The first kappa shape index (κ1) is 19.0. The summed E-state index contributed by atoms with van der Waals surface area (Å²) in [5, 5.41) is 7.08. The Bertz CT molecular complexity index is 984. The van der Waals surface area contributed by atoms with E-state index < -0.39 is 0 Å². The first-order chi connectivity index (χ1) is 14.2. The van der Waals surface area contributed by atoms with E-state index in [1.54, 1.807) is 12.0 Å². The molecular formula is C22H24N4O3. The highest BCUT2D eigenvalue weighted by molar-refractivity contribution is 5.91. The predicted molar refractivity (Wildman–Crippen MR) is 110 cm³/mol. The van der Waals surface area contributed by atoms with Crippen LogP contribution in [0.2, 0.25) is 0 Å². The van der Waals surface area contributed by atoms with E-state index in [-0.39, 0.29) is 12.1 Å². The van der Waals surface area contributed by atoms with Crippen LogP contribution < -0.4 is 10.1 Å². The number of hydrogen-bond donors (Lipinski definition) is 1. The number of methoxy groups -OCH3 is 1. The van der Waals surface area contributed by atoms with Gasteiger partial charge >= 0.3 is 6.03 Å². The second-order valence-corrected chi connectivity index (χ2v) is 7.16. The Labute approximate surface area is 169 Å². The first-order valence-electron chi connectivity index (χ1n) is 9.77. The summed E-state index contributed by atoms with van der Waals surface area (Å²) >= 11 is 0. The van der Waals surface area contributed by atoms with Gasteiger partial charge in [0.1, 0.15) is 11.8 Å². The van der Waals surface area contributed by atoms with Gasteiger partial charge in [0.15, 0.2) is 0 Å². The third kappa shape index (κ3) is 4.08. The fraction of sp³-hybridized carbons (Fsp3) is 0.318. The summed E-state index contributed by atoms with van der Waals surface area (Å²) in [5.74, 6) is 1.62. The molecule has 0 aliphatic carbocycles. The van der Waals surface area contributed by atoms with Gasteiger partial charge < -0.3 is 19.5 Å². The van der Waals surface area contributed by atoms with E-state index in [9.17, 15) is 4.79 Å². The Kier molecular flexibility index (Phi) is 5.46. The Morgan fingerprint density at radius 2 is 1.97 bits per heavy atom. The summed E-state index contributed by atoms with van der Waals surface area (Å²) < 4.78 is 10.9. The third-order valence-corrected chi connectivity index (χ3v) is 5.15. The molecule has 0 bridgehead atoms. The van der Waals surface area contributed by atoms with Gasteiger partial charge in [-0.15, -0.1) is 0 Å². The number of ether oxygens (including phenoxy) is 1. The summed E-state index contributed by atoms with van der Waals surface area (Å²) in [6.07, 6.45) is 2.73. The van der Waals surface area contributed by atoms with Crippen molar-refractivity contribution >= 4 is 11.7 Å². The maximum Gasteiger partial charge on any atom is 0.322 e. The molecule has 3 aromatic rings. The monoisotopic (exact) mass is 392 g/mol. The number of piperidine rings is 1. The van der Waals surface area contributed by atoms with Gasteiger partial charge in [0.25, 0.3) is 0 Å². The number of para-hydroxylation sites is 2. The number of carbonyl (C=O) groups excluding carboxylic acids is 1. The van der Waals surface area contributed by atoms with E-state index in [1.807, 2.05) is 55.5 Å². The standard InChI is InChI=1S/C22H24N4O3/c1-15-10-12-16(13-11-15)20-24-21(29-25-20)18-8-5-6-14-26(18)22(27)23-17-7-3-4-9-19(17)28-2/h3-4,7,9-13,18H,5-6,8,14H2,1-2H3,(H,23,27)/t18-/m1/s1. The van der Waals surface area contributed by atoms with Crippen molar-refractivity contribution in [3.8, 4) is 17.1 Å². The lowest BCUT2D eigenvalue weighted by Crippen LogP contribution is -2.41. The van der Waals surface area contributed by atoms with Crippen LogP contribution in [0.1, 0.15) is 36.8 Å². The van der Waals surface area contributed by atoms with Crippen LogP contribution in [-0.4, -0.2) is 34.7 Å². The molecule has 1 aromatic heterocycles. The van der Waals surface area contributed by atoms with E-state index in [2.05, 4.69) is 15.5 Å². The van der Waals surface area contributed by atoms with Crippen molar-refractivity contribution in [1.29, 1.82) is 0 Å². The molecule has 0 saturated carbocycles. The number of likely N-dealkylation sites (tertiary alicyclic amines) is 1. The quantitative estimate of drug-likeness (QED) is 0.689. The first-order valence-corrected chi connectivity index (χ1v) is 9.77. The maximum atomic E-state index is 13.0. The van der Waals surface area contributed by atoms with Crippen LogP contribution in [0.3, 0.4) is 0 Å². The number of benzene rings is 2. The second-order valence-electron chi connectivity index (χ2n) is 7.16. The molecule has 1 N–H and O–H groups in total. The molecule has 4 rings (SSSR count). The highest BCUT2D eigenvalue weighted by atomic mass is 16.5. The molecule has 150 valence electrons. The molecule has 1 atom stereocenters. The predicted octanol–water partition coefficient (Wildman–Crippen LogP) is 4.81. The molecular weight excluding hydrogens is 368 g/mol. The van der Waals surface area contributed by atoms with Gasteiger partial charge in [-0.3, -0.25) is 0 Å². The number of nitrogens with one attached hydrogen (secondary N) is 1. The van der Waals surface area contributed by atoms with E-state index in [1.165, 1.54) is 5.56 Å². The topological polar surface area (TPSA) is 80.5 Å². The lowest BCUT2D eigenvalue weighted by Gasteiger charge is -2.33. The van der Waals surface area contributed by atoms with Gasteiger partial charge in [-0.2, -0.15) is 4.98 Å². The SMILES string of the molecule is COc1ccccc1NC(=O)N1CCCC[C@@H]1c1nc(-c2ccc(C)cc2)no1. The molecule has 1 aliphatic rings. The van der Waals surface area contributed by atoms with Gasteiger partial charge in [0.05, 0.1) is 12.8 Å². The highest BCUT2D eigenvalue weighted by Crippen LogP contribution is 2.32. The van der Waals surface area contributed by atoms with Crippen LogP contribution in [0, 0.1) is 6.92 Å². The van der Waals surface area contributed by atoms with Crippen LogP contribution in [-0.2, 0) is 0 Å². The summed E-state index contributed by atoms with van der Waals surface area (Å²) in [7, 11) is 1.58. The number of nitrogens with zero attached hydrogens (tertiary/aromatic N) is 3. The minimum Gasteiger partial charge on any atom is -0.495 e. The fourth-order valence-electron chi connectivity index (χ4n) is 3.56. The van der Waals surface area contributed by atoms with Crippen LogP contribution in [0.5, 0.6) is 5.75 Å². The summed E-state index contributed by atoms with van der Waals surface area (Å²) in [4.78, 5) is 19.4. The Hall–Kier alpha value is -3.35. The van der Waals surface area contributed by atoms with Crippen molar-refractivity contribution in [3.05, 3.63) is 60.0 Å². The zero-order valence-corrected chi connectivity index (χ0v) is 16.6. The fourth-order valence-corrected chi connectivity index (χ4v) is 3.56. The normalized spacial score (nSPS) is 16.5. The molecule has 29 heavy (non-hydrogen) atoms. The number of aromatic nitrogens is 2. The van der Waals surface area contributed by atoms with Gasteiger partial charge in [-0.1, -0.05) is 47.1 Å². The molecule has 0 unspecified atom stereocenters. The Morgan fingerprint density at radius 1 is 1.17 bits per heavy atom. The average molecular weight is 392 g/mol. The number of hydrogen-bond acceptors (Lipinski definition) is 5. The Balaban J connectivity index is 1.54. The summed E-state index contributed by atoms with van der Waals surface area (Å²) in [6.45, 7) is 2.67. The smallest absolute Gasteiger partial charge is 0.322 e. The number of rotatable bonds is 4. The summed E-state index contributed by atoms with van der Waals surface area (Å²) in [6, 6.07) is 14.9. The Morgan fingerprint density at radius 3 is 2.76 bits per heavy atom. The number of amides is 2. The van der Waals surface area contributed by atoms with Crippen molar-refractivity contribution in [1.82, 2.24) is 15.0 Å². The van der Waals surface area contributed by atoms with Crippen molar-refractivity contribution in [2.75, 3.05) is 19.0 Å². The van der Waals surface area contributed by atoms with E-state index in [0.717, 1.165) is 24.8 Å². The van der Waals surface area contributed by atoms with Crippen LogP contribution >= 0.6 is 0 Å². The van der Waals surface area contributed by atoms with Crippen LogP contribution in [0.15, 0.2) is 53.1 Å². The number of urea groups is 1. The molecule has 7 heteroatoms. The van der Waals surface area contributed by atoms with E-state index in [0.29, 0.717) is 29.7 Å². The number of aryl methyl sites for hydroxylation is 1. The maximum absolute atomic E-state index is 13.0. The molecule has 2 amide bonds. The molecule has 2 heterocycles. The molecule has 2 aromatic carbocycles. The average Bonchev–Trinajstić information content (AvgIpc) is 3.25. The summed E-state index contributed by atoms with van der Waals surface area (Å²) in [5.41, 5.74) is 2.70. The van der Waals surface area contributed by atoms with Gasteiger partial charge in [-0.05, 0) is 38.3 Å². The zero-order valence-electron chi connectivity index (χ0n) is 16.6. The largest absolute Gasteiger partial charge is 0.495 e. The number of carbonyl (C=O) groups is 1. The van der Waals surface area contributed by atoms with E-state index >= 15 is 0 Å². The van der Waals surface area contributed by atoms with Crippen LogP contribution in [0.25, 0.3) is 11.4 Å². The highest BCUT2D eigenvalue weighted by Gasteiger charge is 2.32. The van der Waals surface area contributed by atoms with Crippen molar-refractivity contribution in [2.45, 2.75) is 32.2 Å². The van der Waals surface area contributed by atoms with Gasteiger partial charge in [0.2, 0.25) is 11.7 Å². The molecule has 0 spiro atoms. The molecule has 0 radical (unpaired) electrons. The van der Waals surface area contributed by atoms with Gasteiger partial charge in [-0.25, -0.2) is 4.79 Å². The second kappa shape index (κ2) is 8.34. The van der Waals surface area contributed by atoms with Crippen LogP contribution in [0.4, 0.5) is 10.5 Å². The number of anilines is 1. The molecule has 1 fully saturated rings. The minimum absolute atomic E-state index is 0.200. The molecule has 7 nitrogen and oxygen atoms in total. The zero-order chi connectivity index (χ0) is 20.2.